The van der Waals surface area contributed by atoms with E-state index >= 15 is 0 Å². The number of hydrogen-bond donors (Lipinski definition) is 2. The van der Waals surface area contributed by atoms with Crippen molar-refractivity contribution >= 4 is 5.97 Å². The predicted octanol–water partition coefficient (Wildman–Crippen LogP) is -0.351. The number of rotatable bonds is 5. The van der Waals surface area contributed by atoms with Gasteiger partial charge in [0.25, 0.3) is 0 Å². The number of carbonyl (C=O) groups excluding carboxylic acids is 1. The molecule has 0 rings (SSSR count). The van der Waals surface area contributed by atoms with Crippen LogP contribution >= 0.6 is 0 Å². The number of aliphatic hydroxyl groups is 1. The van der Waals surface area contributed by atoms with E-state index in [2.05, 4.69) is 4.74 Å². The average molecular weight is 161 g/mol. The Bertz CT molecular complexity index is 116. The summed E-state index contributed by atoms with van der Waals surface area (Å²) in [6, 6.07) is 0. The van der Waals surface area contributed by atoms with Crippen molar-refractivity contribution in [2.45, 2.75) is 25.4 Å². The first-order valence-electron chi connectivity index (χ1n) is 3.65. The number of hydrogen-bond acceptors (Lipinski definition) is 4. The molecule has 0 heterocycles. The molecule has 0 saturated heterocycles. The summed E-state index contributed by atoms with van der Waals surface area (Å²) in [5.74, 6) is -0.241. The maximum absolute atomic E-state index is 10.5. The van der Waals surface area contributed by atoms with Gasteiger partial charge >= 0.3 is 5.97 Å². The van der Waals surface area contributed by atoms with Gasteiger partial charge in [0, 0.05) is 13.0 Å². The molecule has 4 heteroatoms. The molecule has 0 aliphatic heterocycles. The molecule has 0 bridgehead atoms. The third-order valence-electron chi connectivity index (χ3n) is 1.42. The third kappa shape index (κ3) is 5.82. The monoisotopic (exact) mass is 161 g/mol. The standard InChI is InChI=1S/C7H15NO3/c1-11-7(10)4-2-3-6(9)5-8/h6,9H,2-5,8H2,1H3. The lowest BCUT2D eigenvalue weighted by Gasteiger charge is -2.05. The van der Waals surface area contributed by atoms with Gasteiger partial charge in [-0.05, 0) is 12.8 Å². The van der Waals surface area contributed by atoms with E-state index in [1.165, 1.54) is 7.11 Å². The Hall–Kier alpha value is -0.610. The van der Waals surface area contributed by atoms with E-state index in [1.54, 1.807) is 0 Å². The fraction of sp³-hybridized carbons (Fsp3) is 0.857. The van der Waals surface area contributed by atoms with Gasteiger partial charge in [0.2, 0.25) is 0 Å². The van der Waals surface area contributed by atoms with E-state index in [1.807, 2.05) is 0 Å². The zero-order valence-electron chi connectivity index (χ0n) is 6.75. The van der Waals surface area contributed by atoms with Crippen LogP contribution in [-0.4, -0.2) is 30.8 Å². The molecule has 3 N–H and O–H groups in total. The van der Waals surface area contributed by atoms with Crippen LogP contribution in [0, 0.1) is 0 Å². The van der Waals surface area contributed by atoms with E-state index < -0.39 is 6.10 Å². The molecule has 1 atom stereocenters. The normalized spacial score (nSPS) is 12.6. The van der Waals surface area contributed by atoms with Crippen molar-refractivity contribution in [1.82, 2.24) is 0 Å². The molecule has 0 radical (unpaired) electrons. The average Bonchev–Trinajstić information content (AvgIpc) is 2.04. The van der Waals surface area contributed by atoms with Crippen LogP contribution in [0.4, 0.5) is 0 Å². The van der Waals surface area contributed by atoms with Crippen LogP contribution < -0.4 is 5.73 Å². The SMILES string of the molecule is COC(=O)CCCC(O)CN. The predicted molar refractivity (Wildman–Crippen MR) is 40.9 cm³/mol. The molecule has 0 aromatic carbocycles. The van der Waals surface area contributed by atoms with Crippen molar-refractivity contribution in [3.8, 4) is 0 Å². The van der Waals surface area contributed by atoms with Gasteiger partial charge in [-0.2, -0.15) is 0 Å². The van der Waals surface area contributed by atoms with Gasteiger partial charge in [0.05, 0.1) is 13.2 Å². The van der Waals surface area contributed by atoms with Crippen LogP contribution in [0.15, 0.2) is 0 Å². The summed E-state index contributed by atoms with van der Waals surface area (Å²) in [6.07, 6.45) is 1.06. The second kappa shape index (κ2) is 6.12. The van der Waals surface area contributed by atoms with E-state index in [4.69, 9.17) is 10.8 Å². The van der Waals surface area contributed by atoms with Gasteiger partial charge in [-0.1, -0.05) is 0 Å². The molecule has 0 aromatic heterocycles. The summed E-state index contributed by atoms with van der Waals surface area (Å²) in [4.78, 5) is 10.5. The first-order valence-corrected chi connectivity index (χ1v) is 3.65. The summed E-state index contributed by atoms with van der Waals surface area (Å²) in [5, 5.41) is 8.97. The maximum atomic E-state index is 10.5. The number of aliphatic hydroxyl groups excluding tert-OH is 1. The summed E-state index contributed by atoms with van der Waals surface area (Å²) < 4.78 is 4.41. The lowest BCUT2D eigenvalue weighted by Crippen LogP contribution is -2.19. The smallest absolute Gasteiger partial charge is 0.305 e. The zero-order valence-corrected chi connectivity index (χ0v) is 6.75. The van der Waals surface area contributed by atoms with Gasteiger partial charge in [0.15, 0.2) is 0 Å². The van der Waals surface area contributed by atoms with E-state index in [-0.39, 0.29) is 12.5 Å². The van der Waals surface area contributed by atoms with Gasteiger partial charge < -0.3 is 15.6 Å². The Morgan fingerprint density at radius 3 is 2.82 bits per heavy atom. The lowest BCUT2D eigenvalue weighted by molar-refractivity contribution is -0.140. The van der Waals surface area contributed by atoms with Crippen molar-refractivity contribution in [2.75, 3.05) is 13.7 Å². The third-order valence-corrected chi connectivity index (χ3v) is 1.42. The molecule has 0 aromatic rings. The van der Waals surface area contributed by atoms with Crippen molar-refractivity contribution in [1.29, 1.82) is 0 Å². The summed E-state index contributed by atoms with van der Waals surface area (Å²) >= 11 is 0. The minimum absolute atomic E-state index is 0.241. The molecular formula is C7H15NO3. The Morgan fingerprint density at radius 1 is 1.73 bits per heavy atom. The highest BCUT2D eigenvalue weighted by Gasteiger charge is 2.03. The quantitative estimate of drug-likeness (QED) is 0.540. The number of methoxy groups -OCH3 is 1. The lowest BCUT2D eigenvalue weighted by atomic mass is 10.1. The van der Waals surface area contributed by atoms with Crippen LogP contribution in [0.2, 0.25) is 0 Å². The molecule has 66 valence electrons. The molecule has 0 aliphatic rings. The van der Waals surface area contributed by atoms with Crippen LogP contribution in [0.3, 0.4) is 0 Å². The topological polar surface area (TPSA) is 72.5 Å². The highest BCUT2D eigenvalue weighted by atomic mass is 16.5. The Balaban J connectivity index is 3.20. The number of nitrogens with two attached hydrogens (primary N) is 1. The second-order valence-corrected chi connectivity index (χ2v) is 2.36. The molecule has 0 fully saturated rings. The molecule has 0 spiro atoms. The van der Waals surface area contributed by atoms with Crippen molar-refractivity contribution in [3.05, 3.63) is 0 Å². The Kier molecular flexibility index (Phi) is 5.78. The van der Waals surface area contributed by atoms with E-state index in [0.29, 0.717) is 19.3 Å². The summed E-state index contributed by atoms with van der Waals surface area (Å²) in [7, 11) is 1.35. The highest BCUT2D eigenvalue weighted by molar-refractivity contribution is 5.68. The van der Waals surface area contributed by atoms with Gasteiger partial charge in [0.1, 0.15) is 0 Å². The minimum Gasteiger partial charge on any atom is -0.469 e. The van der Waals surface area contributed by atoms with Crippen LogP contribution in [-0.2, 0) is 9.53 Å². The van der Waals surface area contributed by atoms with Crippen LogP contribution in [0.1, 0.15) is 19.3 Å². The molecule has 0 amide bonds. The highest BCUT2D eigenvalue weighted by Crippen LogP contribution is 2.00. The van der Waals surface area contributed by atoms with Crippen molar-refractivity contribution in [2.24, 2.45) is 5.73 Å². The van der Waals surface area contributed by atoms with Gasteiger partial charge in [-0.25, -0.2) is 0 Å². The first-order chi connectivity index (χ1) is 5.20. The van der Waals surface area contributed by atoms with Gasteiger partial charge in [-0.3, -0.25) is 4.79 Å². The van der Waals surface area contributed by atoms with Crippen molar-refractivity contribution < 1.29 is 14.6 Å². The molecule has 4 nitrogen and oxygen atoms in total. The Morgan fingerprint density at radius 2 is 2.36 bits per heavy atom. The molecule has 0 saturated carbocycles. The van der Waals surface area contributed by atoms with Crippen molar-refractivity contribution in [3.63, 3.8) is 0 Å². The number of carbonyl (C=O) groups is 1. The zero-order chi connectivity index (χ0) is 8.69. The van der Waals surface area contributed by atoms with E-state index in [0.717, 1.165) is 0 Å². The summed E-state index contributed by atoms with van der Waals surface area (Å²) in [5.41, 5.74) is 5.16. The minimum atomic E-state index is -0.486. The number of esters is 1. The Labute approximate surface area is 66.3 Å². The summed E-state index contributed by atoms with van der Waals surface area (Å²) in [6.45, 7) is 0.251. The second-order valence-electron chi connectivity index (χ2n) is 2.36. The fourth-order valence-electron chi connectivity index (χ4n) is 0.702. The number of ether oxygens (including phenoxy) is 1. The van der Waals surface area contributed by atoms with Crippen LogP contribution in [0.5, 0.6) is 0 Å². The largest absolute Gasteiger partial charge is 0.469 e. The molecular weight excluding hydrogens is 146 g/mol. The van der Waals surface area contributed by atoms with Gasteiger partial charge in [-0.15, -0.1) is 0 Å². The van der Waals surface area contributed by atoms with Crippen LogP contribution in [0.25, 0.3) is 0 Å². The fourth-order valence-corrected chi connectivity index (χ4v) is 0.702. The van der Waals surface area contributed by atoms with E-state index in [9.17, 15) is 4.79 Å². The molecule has 1 unspecified atom stereocenters. The maximum Gasteiger partial charge on any atom is 0.305 e. The molecule has 0 aliphatic carbocycles. The molecule has 11 heavy (non-hydrogen) atoms. The first kappa shape index (κ1) is 10.4.